The molecule has 0 bridgehead atoms. The van der Waals surface area contributed by atoms with Crippen molar-refractivity contribution in [3.05, 3.63) is 30.3 Å². The summed E-state index contributed by atoms with van der Waals surface area (Å²) >= 11 is 0. The van der Waals surface area contributed by atoms with Crippen molar-refractivity contribution in [1.82, 2.24) is 10.2 Å². The zero-order valence-electron chi connectivity index (χ0n) is 15.3. The molecule has 140 valence electrons. The van der Waals surface area contributed by atoms with E-state index in [1.54, 1.807) is 31.3 Å². The molecular weight excluding hydrogens is 338 g/mol. The quantitative estimate of drug-likeness (QED) is 0.588. The van der Waals surface area contributed by atoms with E-state index in [2.05, 4.69) is 15.2 Å². The lowest BCUT2D eigenvalue weighted by atomic mass is 10.1. The molecule has 0 spiro atoms. The number of nitrogens with one attached hydrogen (secondary N) is 1. The average molecular weight is 368 g/mol. The lowest BCUT2D eigenvalue weighted by Crippen LogP contribution is -2.48. The monoisotopic (exact) mass is 367 g/mol. The maximum atomic E-state index is 12.6. The molecule has 6 nitrogen and oxygen atoms in total. The van der Waals surface area contributed by atoms with E-state index in [1.165, 1.54) is 0 Å². The molecule has 0 amide bonds. The van der Waals surface area contributed by atoms with Gasteiger partial charge in [-0.3, -0.25) is 4.99 Å². The molecule has 1 saturated heterocycles. The molecule has 0 radical (unpaired) electrons. The lowest BCUT2D eigenvalue weighted by Gasteiger charge is -2.28. The van der Waals surface area contributed by atoms with Crippen molar-refractivity contribution >= 4 is 15.8 Å². The van der Waals surface area contributed by atoms with Crippen LogP contribution in [0.2, 0.25) is 0 Å². The Morgan fingerprint density at radius 1 is 1.40 bits per heavy atom. The Balaban J connectivity index is 1.99. The van der Waals surface area contributed by atoms with Gasteiger partial charge in [0, 0.05) is 39.2 Å². The van der Waals surface area contributed by atoms with E-state index in [4.69, 9.17) is 4.74 Å². The third-order valence-corrected chi connectivity index (χ3v) is 6.31. The Morgan fingerprint density at radius 2 is 2.12 bits per heavy atom. The Morgan fingerprint density at radius 3 is 2.68 bits per heavy atom. The van der Waals surface area contributed by atoms with Gasteiger partial charge in [0.25, 0.3) is 0 Å². The second-order valence-electron chi connectivity index (χ2n) is 6.50. The Labute approximate surface area is 151 Å². The highest BCUT2D eigenvalue weighted by Gasteiger charge is 2.23. The first-order chi connectivity index (χ1) is 12.0. The molecule has 0 aliphatic carbocycles. The minimum Gasteiger partial charge on any atom is -0.381 e. The molecule has 1 N–H and O–H groups in total. The number of rotatable bonds is 7. The summed E-state index contributed by atoms with van der Waals surface area (Å²) in [5.41, 5.74) is 0. The van der Waals surface area contributed by atoms with Crippen LogP contribution in [0.3, 0.4) is 0 Å². The van der Waals surface area contributed by atoms with Gasteiger partial charge < -0.3 is 15.0 Å². The smallest absolute Gasteiger partial charge is 0.193 e. The van der Waals surface area contributed by atoms with E-state index in [9.17, 15) is 8.42 Å². The summed E-state index contributed by atoms with van der Waals surface area (Å²) in [6, 6.07) is 8.41. The van der Waals surface area contributed by atoms with Crippen molar-refractivity contribution in [2.24, 2.45) is 10.9 Å². The van der Waals surface area contributed by atoms with Gasteiger partial charge in [-0.05, 0) is 25.0 Å². The highest BCUT2D eigenvalue weighted by Crippen LogP contribution is 2.15. The molecule has 1 aliphatic rings. The number of hydrogen-bond acceptors (Lipinski definition) is 4. The summed E-state index contributed by atoms with van der Waals surface area (Å²) in [5.74, 6) is 1.27. The summed E-state index contributed by atoms with van der Waals surface area (Å²) in [5, 5.41) is 3.31. The van der Waals surface area contributed by atoms with Crippen LogP contribution in [0.25, 0.3) is 0 Å². The van der Waals surface area contributed by atoms with Gasteiger partial charge in [-0.2, -0.15) is 0 Å². The fourth-order valence-corrected chi connectivity index (χ4v) is 4.59. The maximum absolute atomic E-state index is 12.6. The van der Waals surface area contributed by atoms with E-state index in [1.807, 2.05) is 20.0 Å². The van der Waals surface area contributed by atoms with Gasteiger partial charge >= 0.3 is 0 Å². The number of benzene rings is 1. The first-order valence-electron chi connectivity index (χ1n) is 8.76. The Hall–Kier alpha value is -1.60. The van der Waals surface area contributed by atoms with E-state index in [-0.39, 0.29) is 11.8 Å². The van der Waals surface area contributed by atoms with Crippen LogP contribution in [0.4, 0.5) is 0 Å². The molecule has 1 aromatic carbocycles. The van der Waals surface area contributed by atoms with E-state index in [0.29, 0.717) is 17.2 Å². The zero-order valence-corrected chi connectivity index (χ0v) is 16.1. The minimum atomic E-state index is -3.33. The molecule has 0 aromatic heterocycles. The predicted octanol–water partition coefficient (Wildman–Crippen LogP) is 1.78. The van der Waals surface area contributed by atoms with Gasteiger partial charge in [-0.25, -0.2) is 8.42 Å². The van der Waals surface area contributed by atoms with Crippen molar-refractivity contribution in [2.45, 2.75) is 30.7 Å². The Kier molecular flexibility index (Phi) is 7.25. The average Bonchev–Trinajstić information content (AvgIpc) is 3.12. The molecule has 7 heteroatoms. The van der Waals surface area contributed by atoms with Gasteiger partial charge in [0.1, 0.15) is 0 Å². The first kappa shape index (κ1) is 19.7. The van der Waals surface area contributed by atoms with Gasteiger partial charge in [-0.15, -0.1) is 0 Å². The second-order valence-corrected chi connectivity index (χ2v) is 8.54. The number of guanidine groups is 1. The lowest BCUT2D eigenvalue weighted by molar-refractivity contribution is 0.181. The van der Waals surface area contributed by atoms with Crippen molar-refractivity contribution in [1.29, 1.82) is 0 Å². The topological polar surface area (TPSA) is 71.0 Å². The standard InChI is InChI=1S/C18H29N3O3S/c1-4-16(14-25(22,23)17-8-6-5-7-9-17)20-18(19-2)21(3)12-15-10-11-24-13-15/h5-9,15-16H,4,10-14H2,1-3H3,(H,19,20). The summed E-state index contributed by atoms with van der Waals surface area (Å²) in [6.45, 7) is 4.43. The van der Waals surface area contributed by atoms with Crippen molar-refractivity contribution in [3.63, 3.8) is 0 Å². The third-order valence-electron chi connectivity index (χ3n) is 4.48. The zero-order chi connectivity index (χ0) is 18.3. The van der Waals surface area contributed by atoms with Crippen LogP contribution in [-0.4, -0.2) is 64.9 Å². The highest BCUT2D eigenvalue weighted by atomic mass is 32.2. The Bertz CT molecular complexity index is 655. The number of nitrogens with zero attached hydrogens (tertiary/aromatic N) is 2. The summed E-state index contributed by atoms with van der Waals surface area (Å²) in [4.78, 5) is 6.73. The number of sulfone groups is 1. The van der Waals surface area contributed by atoms with Crippen molar-refractivity contribution in [3.8, 4) is 0 Å². The summed E-state index contributed by atoms with van der Waals surface area (Å²) in [7, 11) is 0.373. The third kappa shape index (κ3) is 5.71. The van der Waals surface area contributed by atoms with Crippen LogP contribution in [0.1, 0.15) is 19.8 Å². The maximum Gasteiger partial charge on any atom is 0.193 e. The predicted molar refractivity (Wildman–Crippen MR) is 101 cm³/mol. The summed E-state index contributed by atoms with van der Waals surface area (Å²) < 4.78 is 30.6. The molecule has 1 heterocycles. The van der Waals surface area contributed by atoms with E-state index < -0.39 is 9.84 Å². The van der Waals surface area contributed by atoms with Crippen LogP contribution in [-0.2, 0) is 14.6 Å². The number of hydrogen-bond donors (Lipinski definition) is 1. The second kappa shape index (κ2) is 9.20. The van der Waals surface area contributed by atoms with Crippen LogP contribution in [0, 0.1) is 5.92 Å². The van der Waals surface area contributed by atoms with Gasteiger partial charge in [0.2, 0.25) is 0 Å². The SMILES string of the molecule is CCC(CS(=O)(=O)c1ccccc1)NC(=NC)N(C)CC1CCOC1. The van der Waals surface area contributed by atoms with E-state index in [0.717, 1.165) is 32.1 Å². The minimum absolute atomic E-state index is 0.0485. The van der Waals surface area contributed by atoms with Crippen molar-refractivity contribution in [2.75, 3.05) is 39.6 Å². The molecule has 2 atom stereocenters. The van der Waals surface area contributed by atoms with Crippen LogP contribution in [0.15, 0.2) is 40.2 Å². The summed E-state index contributed by atoms with van der Waals surface area (Å²) in [6.07, 6.45) is 1.76. The molecule has 1 fully saturated rings. The van der Waals surface area contributed by atoms with Gasteiger partial charge in [0.05, 0.1) is 17.3 Å². The normalized spacial score (nSPS) is 19.6. The fourth-order valence-electron chi connectivity index (χ4n) is 2.98. The van der Waals surface area contributed by atoms with E-state index >= 15 is 0 Å². The molecule has 2 unspecified atom stereocenters. The number of aliphatic imine (C=N–C) groups is 1. The van der Waals surface area contributed by atoms with Crippen LogP contribution >= 0.6 is 0 Å². The molecule has 1 aromatic rings. The number of ether oxygens (including phenoxy) is 1. The van der Waals surface area contributed by atoms with Crippen LogP contribution < -0.4 is 5.32 Å². The van der Waals surface area contributed by atoms with Crippen molar-refractivity contribution < 1.29 is 13.2 Å². The highest BCUT2D eigenvalue weighted by molar-refractivity contribution is 7.91. The molecule has 1 aliphatic heterocycles. The molecule has 25 heavy (non-hydrogen) atoms. The first-order valence-corrected chi connectivity index (χ1v) is 10.4. The van der Waals surface area contributed by atoms with Gasteiger partial charge in [-0.1, -0.05) is 25.1 Å². The van der Waals surface area contributed by atoms with Crippen LogP contribution in [0.5, 0.6) is 0 Å². The fraction of sp³-hybridized carbons (Fsp3) is 0.611. The molecule has 0 saturated carbocycles. The molecular formula is C18H29N3O3S. The largest absolute Gasteiger partial charge is 0.381 e. The molecule has 2 rings (SSSR count). The van der Waals surface area contributed by atoms with Gasteiger partial charge in [0.15, 0.2) is 15.8 Å².